The van der Waals surface area contributed by atoms with Gasteiger partial charge in [-0.1, -0.05) is 37.3 Å². The summed E-state index contributed by atoms with van der Waals surface area (Å²) in [5, 5.41) is 5.67. The lowest BCUT2D eigenvalue weighted by Gasteiger charge is -2.19. The van der Waals surface area contributed by atoms with Gasteiger partial charge in [0.2, 0.25) is 0 Å². The van der Waals surface area contributed by atoms with E-state index in [1.165, 1.54) is 0 Å². The lowest BCUT2D eigenvalue weighted by Crippen LogP contribution is -2.33. The van der Waals surface area contributed by atoms with Crippen LogP contribution < -0.4 is 20.1 Å². The zero-order valence-corrected chi connectivity index (χ0v) is 17.5. The first-order valence-corrected chi connectivity index (χ1v) is 9.99. The van der Waals surface area contributed by atoms with Crippen molar-refractivity contribution in [3.63, 3.8) is 0 Å². The van der Waals surface area contributed by atoms with Crippen molar-refractivity contribution in [2.75, 3.05) is 12.4 Å². The number of rotatable bonds is 9. The Kier molecular flexibility index (Phi) is 7.59. The highest BCUT2D eigenvalue weighted by atomic mass is 16.5. The Morgan fingerprint density at radius 2 is 1.74 bits per heavy atom. The van der Waals surface area contributed by atoms with Crippen LogP contribution >= 0.6 is 0 Å². The second-order valence-electron chi connectivity index (χ2n) is 6.74. The van der Waals surface area contributed by atoms with Crippen molar-refractivity contribution in [2.24, 2.45) is 0 Å². The fourth-order valence-electron chi connectivity index (χ4n) is 2.98. The zero-order valence-electron chi connectivity index (χ0n) is 17.5. The second-order valence-corrected chi connectivity index (χ2v) is 6.74. The number of benzene rings is 2. The number of para-hydroxylation sites is 3. The van der Waals surface area contributed by atoms with Crippen molar-refractivity contribution in [3.05, 3.63) is 84.2 Å². The van der Waals surface area contributed by atoms with Crippen molar-refractivity contribution < 1.29 is 19.1 Å². The Morgan fingerprint density at radius 1 is 1.00 bits per heavy atom. The van der Waals surface area contributed by atoms with Gasteiger partial charge in [0, 0.05) is 18.9 Å². The van der Waals surface area contributed by atoms with E-state index in [2.05, 4.69) is 15.6 Å². The monoisotopic (exact) mass is 419 g/mol. The molecule has 1 aromatic heterocycles. The normalized spacial score (nSPS) is 11.3. The lowest BCUT2D eigenvalue weighted by molar-refractivity contribution is -0.122. The molecule has 0 radical (unpaired) electrons. The maximum atomic E-state index is 12.9. The van der Waals surface area contributed by atoms with E-state index < -0.39 is 6.10 Å². The Hall–Kier alpha value is -3.87. The Morgan fingerprint density at radius 3 is 2.45 bits per heavy atom. The molecule has 2 amide bonds. The molecule has 1 unspecified atom stereocenters. The highest BCUT2D eigenvalue weighted by molar-refractivity contribution is 6.04. The first-order valence-electron chi connectivity index (χ1n) is 9.99. The Bertz CT molecular complexity index is 1020. The van der Waals surface area contributed by atoms with Gasteiger partial charge < -0.3 is 20.1 Å². The molecule has 1 heterocycles. The number of hydrogen-bond acceptors (Lipinski definition) is 5. The quantitative estimate of drug-likeness (QED) is 0.550. The maximum absolute atomic E-state index is 12.9. The van der Waals surface area contributed by atoms with Crippen LogP contribution in [-0.2, 0) is 11.3 Å². The van der Waals surface area contributed by atoms with Crippen molar-refractivity contribution >= 4 is 17.5 Å². The summed E-state index contributed by atoms with van der Waals surface area (Å²) in [5.74, 6) is 0.387. The van der Waals surface area contributed by atoms with Crippen LogP contribution in [0.25, 0.3) is 0 Å². The van der Waals surface area contributed by atoms with Crippen LogP contribution in [0.4, 0.5) is 5.69 Å². The average Bonchev–Trinajstić information content (AvgIpc) is 2.82. The minimum absolute atomic E-state index is 0.293. The van der Waals surface area contributed by atoms with Gasteiger partial charge in [0.25, 0.3) is 11.8 Å². The number of hydrogen-bond donors (Lipinski definition) is 2. The molecule has 0 fully saturated rings. The van der Waals surface area contributed by atoms with Gasteiger partial charge in [-0.3, -0.25) is 14.6 Å². The topological polar surface area (TPSA) is 89.5 Å². The summed E-state index contributed by atoms with van der Waals surface area (Å²) in [7, 11) is 1.55. The third-order valence-electron chi connectivity index (χ3n) is 4.61. The molecule has 31 heavy (non-hydrogen) atoms. The number of pyridine rings is 1. The van der Waals surface area contributed by atoms with Crippen LogP contribution in [-0.4, -0.2) is 30.0 Å². The number of carbonyl (C=O) groups excluding carboxylic acids is 2. The summed E-state index contributed by atoms with van der Waals surface area (Å²) in [6, 6.07) is 17.7. The lowest BCUT2D eigenvalue weighted by atomic mass is 10.1. The molecule has 0 aliphatic rings. The van der Waals surface area contributed by atoms with Crippen LogP contribution in [0.5, 0.6) is 11.5 Å². The maximum Gasteiger partial charge on any atom is 0.265 e. The summed E-state index contributed by atoms with van der Waals surface area (Å²) >= 11 is 0. The summed E-state index contributed by atoms with van der Waals surface area (Å²) in [6.07, 6.45) is 3.06. The smallest absolute Gasteiger partial charge is 0.265 e. The van der Waals surface area contributed by atoms with Crippen molar-refractivity contribution in [1.82, 2.24) is 10.3 Å². The van der Waals surface area contributed by atoms with Gasteiger partial charge in [-0.05, 0) is 42.3 Å². The van der Waals surface area contributed by atoms with Gasteiger partial charge in [0.1, 0.15) is 0 Å². The van der Waals surface area contributed by atoms with E-state index in [1.54, 1.807) is 55.9 Å². The van der Waals surface area contributed by atoms with Gasteiger partial charge in [0.05, 0.1) is 18.4 Å². The summed E-state index contributed by atoms with van der Waals surface area (Å²) in [6.45, 7) is 2.19. The predicted octanol–water partition coefficient (Wildman–Crippen LogP) is 3.82. The molecule has 2 N–H and O–H groups in total. The fraction of sp³-hybridized carbons (Fsp3) is 0.208. The van der Waals surface area contributed by atoms with Crippen LogP contribution in [0.2, 0.25) is 0 Å². The number of amides is 2. The van der Waals surface area contributed by atoms with Crippen molar-refractivity contribution in [1.29, 1.82) is 0 Å². The van der Waals surface area contributed by atoms with Gasteiger partial charge in [0.15, 0.2) is 17.6 Å². The van der Waals surface area contributed by atoms with E-state index in [0.717, 1.165) is 5.56 Å². The first-order chi connectivity index (χ1) is 15.1. The molecule has 0 saturated carbocycles. The summed E-state index contributed by atoms with van der Waals surface area (Å²) < 4.78 is 11.2. The predicted molar refractivity (Wildman–Crippen MR) is 118 cm³/mol. The number of anilines is 1. The van der Waals surface area contributed by atoms with E-state index in [9.17, 15) is 9.59 Å². The average molecular weight is 419 g/mol. The van der Waals surface area contributed by atoms with Crippen LogP contribution in [0.3, 0.4) is 0 Å². The fourth-order valence-corrected chi connectivity index (χ4v) is 2.98. The number of carbonyl (C=O) groups is 2. The Labute approximate surface area is 181 Å². The van der Waals surface area contributed by atoms with E-state index >= 15 is 0 Å². The summed E-state index contributed by atoms with van der Waals surface area (Å²) in [4.78, 5) is 29.6. The standard InChI is InChI=1S/C24H25N3O4/c1-3-20(31-22-13-7-6-12-21(22)30-2)24(29)27-19-11-5-4-10-18(19)23(28)26-16-17-9-8-14-25-15-17/h4-15,20H,3,16H2,1-2H3,(H,26,28)(H,27,29). The number of ether oxygens (including phenoxy) is 2. The van der Waals surface area contributed by atoms with Crippen LogP contribution in [0, 0.1) is 0 Å². The van der Waals surface area contributed by atoms with Crippen LogP contribution in [0.1, 0.15) is 29.3 Å². The SMILES string of the molecule is CCC(Oc1ccccc1OC)C(=O)Nc1ccccc1C(=O)NCc1cccnc1. The largest absolute Gasteiger partial charge is 0.493 e. The van der Waals surface area contributed by atoms with E-state index in [-0.39, 0.29) is 11.8 Å². The summed E-state index contributed by atoms with van der Waals surface area (Å²) in [5.41, 5.74) is 1.67. The van der Waals surface area contributed by atoms with Gasteiger partial charge in [-0.25, -0.2) is 0 Å². The van der Waals surface area contributed by atoms with E-state index in [4.69, 9.17) is 9.47 Å². The molecule has 3 aromatic rings. The number of nitrogens with one attached hydrogen (secondary N) is 2. The molecule has 2 aromatic carbocycles. The molecule has 7 heteroatoms. The molecular formula is C24H25N3O4. The molecule has 0 bridgehead atoms. The molecule has 0 aliphatic heterocycles. The van der Waals surface area contributed by atoms with Gasteiger partial charge in [-0.15, -0.1) is 0 Å². The van der Waals surface area contributed by atoms with E-state index in [0.29, 0.717) is 35.7 Å². The highest BCUT2D eigenvalue weighted by Crippen LogP contribution is 2.27. The zero-order chi connectivity index (χ0) is 22.1. The minimum atomic E-state index is -0.747. The highest BCUT2D eigenvalue weighted by Gasteiger charge is 2.22. The van der Waals surface area contributed by atoms with Crippen molar-refractivity contribution in [2.45, 2.75) is 26.0 Å². The third-order valence-corrected chi connectivity index (χ3v) is 4.61. The molecule has 7 nitrogen and oxygen atoms in total. The minimum Gasteiger partial charge on any atom is -0.493 e. The molecular weight excluding hydrogens is 394 g/mol. The number of aromatic nitrogens is 1. The van der Waals surface area contributed by atoms with E-state index in [1.807, 2.05) is 31.2 Å². The first kappa shape index (κ1) is 21.8. The molecule has 1 atom stereocenters. The molecule has 3 rings (SSSR count). The molecule has 0 aliphatic carbocycles. The molecule has 0 spiro atoms. The van der Waals surface area contributed by atoms with Gasteiger partial charge >= 0.3 is 0 Å². The number of nitrogens with zero attached hydrogens (tertiary/aromatic N) is 1. The second kappa shape index (κ2) is 10.8. The Balaban J connectivity index is 1.69. The molecule has 0 saturated heterocycles. The van der Waals surface area contributed by atoms with Gasteiger partial charge in [-0.2, -0.15) is 0 Å². The van der Waals surface area contributed by atoms with Crippen molar-refractivity contribution in [3.8, 4) is 11.5 Å². The molecule has 160 valence electrons. The number of methoxy groups -OCH3 is 1. The third kappa shape index (κ3) is 5.82. The van der Waals surface area contributed by atoms with Crippen LogP contribution in [0.15, 0.2) is 73.1 Å².